The molecule has 0 rings (SSSR count). The number of primary amides is 1. The number of carbonyl (C=O) groups excluding carboxylic acids is 9. The second-order valence-electron chi connectivity index (χ2n) is 16.4. The Morgan fingerprint density at radius 2 is 1.06 bits per heavy atom. The lowest BCUT2D eigenvalue weighted by atomic mass is 10.0. The summed E-state index contributed by atoms with van der Waals surface area (Å²) in [4.78, 5) is 152. The number of aliphatic hydroxyl groups excluding tert-OH is 1. The highest BCUT2D eigenvalue weighted by Gasteiger charge is 2.35. The monoisotopic (exact) mass is 991 g/mol. The van der Waals surface area contributed by atoms with Gasteiger partial charge in [-0.2, -0.15) is 11.8 Å². The van der Waals surface area contributed by atoms with Gasteiger partial charge in [-0.05, 0) is 68.9 Å². The third kappa shape index (κ3) is 25.1. The molecule has 0 aromatic heterocycles. The van der Waals surface area contributed by atoms with Crippen molar-refractivity contribution in [1.29, 1.82) is 0 Å². The van der Waals surface area contributed by atoms with Crippen LogP contribution in [0.15, 0.2) is 0 Å². The predicted molar refractivity (Wildman–Crippen MR) is 242 cm³/mol. The zero-order chi connectivity index (χ0) is 52.3. The zero-order valence-corrected chi connectivity index (χ0v) is 39.6. The van der Waals surface area contributed by atoms with Crippen LogP contribution < -0.4 is 59.7 Å². The number of amides is 9. The molecule has 18 N–H and O–H groups in total. The summed E-state index contributed by atoms with van der Waals surface area (Å²) >= 11 is 1.39. The van der Waals surface area contributed by atoms with Gasteiger partial charge in [0.15, 0.2) is 0 Å². The van der Waals surface area contributed by atoms with Crippen LogP contribution in [0.2, 0.25) is 0 Å². The summed E-state index contributed by atoms with van der Waals surface area (Å²) < 4.78 is 0. The van der Waals surface area contributed by atoms with Gasteiger partial charge in [0, 0.05) is 6.42 Å². The van der Waals surface area contributed by atoms with Crippen LogP contribution in [0.3, 0.4) is 0 Å². The van der Waals surface area contributed by atoms with Crippen molar-refractivity contribution in [3.63, 3.8) is 0 Å². The average Bonchev–Trinajstić information content (AvgIpc) is 3.24. The molecular weight excluding hydrogens is 923 g/mol. The van der Waals surface area contributed by atoms with Crippen molar-refractivity contribution in [3.05, 3.63) is 0 Å². The van der Waals surface area contributed by atoms with E-state index in [0.29, 0.717) is 18.6 Å². The normalized spacial score (nSPS) is 14.6. The Balaban J connectivity index is 6.25. The van der Waals surface area contributed by atoms with E-state index in [1.165, 1.54) is 25.6 Å². The molecule has 386 valence electrons. The van der Waals surface area contributed by atoms with Crippen LogP contribution in [-0.2, 0) is 57.5 Å². The molecule has 68 heavy (non-hydrogen) atoms. The smallest absolute Gasteiger partial charge is 0.326 e. The molecule has 0 saturated heterocycles. The second-order valence-corrected chi connectivity index (χ2v) is 17.4. The SMILES string of the molecule is CSCC[C@H](NC(=O)[C@@H](N)CC(C)C)C(=O)NCC(=O)N[C@@H](CC(=O)O)C(=O)N[C@@H](CCCCN)C(=O)N[C@@H](CO)C(=O)N[C@@H](CCC(=O)O)C(=O)N[C@@H](CC(N)=O)C(=O)N[C@H](C(=O)O)C(C)C. The summed E-state index contributed by atoms with van der Waals surface area (Å²) in [5.41, 5.74) is 16.8. The number of carboxylic acids is 3. The molecule has 0 aliphatic heterocycles. The molecule has 0 saturated carbocycles. The molecule has 0 aromatic rings. The van der Waals surface area contributed by atoms with Crippen LogP contribution in [0.1, 0.15) is 85.5 Å². The Hall–Kier alpha value is -6.13. The van der Waals surface area contributed by atoms with Gasteiger partial charge in [0.2, 0.25) is 53.2 Å². The van der Waals surface area contributed by atoms with E-state index in [9.17, 15) is 78.0 Å². The van der Waals surface area contributed by atoms with E-state index in [4.69, 9.17) is 17.2 Å². The number of nitrogens with one attached hydrogen (secondary N) is 8. The topological polar surface area (TPSA) is 460 Å². The van der Waals surface area contributed by atoms with Gasteiger partial charge in [-0.3, -0.25) is 52.7 Å². The molecule has 0 fully saturated rings. The maximum atomic E-state index is 13.6. The minimum atomic E-state index is -1.91. The number of thioether (sulfide) groups is 1. The van der Waals surface area contributed by atoms with Gasteiger partial charge in [-0.15, -0.1) is 0 Å². The molecule has 0 aliphatic carbocycles. The Kier molecular flexibility index (Phi) is 29.6. The molecular formula is C40H69N11O16S. The van der Waals surface area contributed by atoms with Crippen LogP contribution in [-0.4, -0.2) is 172 Å². The fourth-order valence-corrected chi connectivity index (χ4v) is 6.55. The number of aliphatic carboxylic acids is 3. The number of carbonyl (C=O) groups is 12. The number of unbranched alkanes of at least 4 members (excludes halogenated alkanes) is 1. The quantitative estimate of drug-likeness (QED) is 0.0264. The summed E-state index contributed by atoms with van der Waals surface area (Å²) in [6.07, 6.45) is -0.681. The maximum absolute atomic E-state index is 13.6. The standard InChI is InChI=1S/C40H69N11O16S/c1-19(2)14-21(42)33(59)46-24(11-13-68-5)34(60)44-17-29(54)45-26(16-31(57)58)37(63)47-22(8-6-7-12-41)35(61)50-27(18-52)39(65)48-23(9-10-30(55)56)36(62)49-25(15-28(43)53)38(64)51-32(20(3)4)40(66)67/h19-27,32,52H,6-18,41-42H2,1-5H3,(H2,43,53)(H,44,60)(H,45,54)(H,46,59)(H,47,63)(H,48,65)(H,49,62)(H,50,61)(H,51,64)(H,55,56)(H,57,58)(H,66,67)/t21-,22-,23-,24-,25-,26-,27-,32-/m0/s1. The minimum Gasteiger partial charge on any atom is -0.481 e. The molecule has 9 amide bonds. The van der Waals surface area contributed by atoms with E-state index < -0.39 is 164 Å². The van der Waals surface area contributed by atoms with E-state index in [2.05, 4.69) is 42.5 Å². The van der Waals surface area contributed by atoms with Crippen LogP contribution in [0, 0.1) is 11.8 Å². The summed E-state index contributed by atoms with van der Waals surface area (Å²) in [5, 5.41) is 56.5. The fraction of sp³-hybridized carbons (Fsp3) is 0.700. The van der Waals surface area contributed by atoms with Crippen molar-refractivity contribution < 1.29 is 78.0 Å². The third-order valence-electron chi connectivity index (χ3n) is 9.70. The number of nitrogens with two attached hydrogens (primary N) is 3. The van der Waals surface area contributed by atoms with Crippen LogP contribution >= 0.6 is 11.8 Å². The van der Waals surface area contributed by atoms with Crippen molar-refractivity contribution in [2.24, 2.45) is 29.0 Å². The van der Waals surface area contributed by atoms with Crippen molar-refractivity contribution in [2.45, 2.75) is 134 Å². The number of carboxylic acid groups (broad SMARTS) is 3. The van der Waals surface area contributed by atoms with Crippen molar-refractivity contribution in [1.82, 2.24) is 42.5 Å². The predicted octanol–water partition coefficient (Wildman–Crippen LogP) is -5.30. The maximum Gasteiger partial charge on any atom is 0.326 e. The molecule has 28 heteroatoms. The molecule has 0 bridgehead atoms. The summed E-state index contributed by atoms with van der Waals surface area (Å²) in [6, 6.07) is -12.4. The first kappa shape index (κ1) is 61.9. The lowest BCUT2D eigenvalue weighted by molar-refractivity contribution is -0.143. The van der Waals surface area contributed by atoms with E-state index in [-0.39, 0.29) is 31.7 Å². The molecule has 0 aliphatic rings. The van der Waals surface area contributed by atoms with Gasteiger partial charge < -0.3 is 80.2 Å². The summed E-state index contributed by atoms with van der Waals surface area (Å²) in [5.74, 6) is -14.1. The largest absolute Gasteiger partial charge is 0.481 e. The molecule has 27 nitrogen and oxygen atoms in total. The van der Waals surface area contributed by atoms with Gasteiger partial charge in [0.05, 0.1) is 32.0 Å². The number of aliphatic hydroxyl groups is 1. The minimum absolute atomic E-state index is 0.0853. The van der Waals surface area contributed by atoms with Crippen LogP contribution in [0.25, 0.3) is 0 Å². The van der Waals surface area contributed by atoms with E-state index in [1.807, 2.05) is 13.8 Å². The van der Waals surface area contributed by atoms with Gasteiger partial charge in [-0.1, -0.05) is 27.7 Å². The molecule has 0 spiro atoms. The fourth-order valence-electron chi connectivity index (χ4n) is 6.08. The number of hydrogen-bond donors (Lipinski definition) is 15. The highest BCUT2D eigenvalue weighted by Crippen LogP contribution is 2.09. The Morgan fingerprint density at radius 3 is 1.54 bits per heavy atom. The van der Waals surface area contributed by atoms with E-state index in [0.717, 1.165) is 0 Å². The average molecular weight is 992 g/mol. The summed E-state index contributed by atoms with van der Waals surface area (Å²) in [7, 11) is 0. The van der Waals surface area contributed by atoms with E-state index >= 15 is 0 Å². The molecule has 0 unspecified atom stereocenters. The molecule has 0 heterocycles. The van der Waals surface area contributed by atoms with Gasteiger partial charge in [0.1, 0.15) is 42.3 Å². The highest BCUT2D eigenvalue weighted by atomic mass is 32.2. The Labute approximate surface area is 397 Å². The molecule has 0 aromatic carbocycles. The van der Waals surface area contributed by atoms with Gasteiger partial charge in [-0.25, -0.2) is 4.79 Å². The number of rotatable bonds is 35. The highest BCUT2D eigenvalue weighted by molar-refractivity contribution is 7.98. The summed E-state index contributed by atoms with van der Waals surface area (Å²) in [6.45, 7) is 4.87. The third-order valence-corrected chi connectivity index (χ3v) is 10.3. The molecule has 8 atom stereocenters. The second kappa shape index (κ2) is 32.6. The zero-order valence-electron chi connectivity index (χ0n) is 38.8. The van der Waals surface area contributed by atoms with Crippen LogP contribution in [0.5, 0.6) is 0 Å². The van der Waals surface area contributed by atoms with Crippen molar-refractivity contribution >= 4 is 82.8 Å². The lowest BCUT2D eigenvalue weighted by Gasteiger charge is -2.27. The van der Waals surface area contributed by atoms with Gasteiger partial charge in [0.25, 0.3) is 0 Å². The van der Waals surface area contributed by atoms with Crippen molar-refractivity contribution in [3.8, 4) is 0 Å². The first-order chi connectivity index (χ1) is 31.8. The van der Waals surface area contributed by atoms with Gasteiger partial charge >= 0.3 is 17.9 Å². The Bertz CT molecular complexity index is 1770. The Morgan fingerprint density at radius 1 is 0.574 bits per heavy atom. The van der Waals surface area contributed by atoms with Crippen LogP contribution in [0.4, 0.5) is 0 Å². The molecule has 0 radical (unpaired) electrons. The lowest BCUT2D eigenvalue weighted by Crippen LogP contribution is -2.60. The number of hydrogen-bond acceptors (Lipinski definition) is 16. The first-order valence-corrected chi connectivity index (χ1v) is 23.1. The van der Waals surface area contributed by atoms with E-state index in [1.54, 1.807) is 6.26 Å². The van der Waals surface area contributed by atoms with Crippen molar-refractivity contribution in [2.75, 3.05) is 31.7 Å². The first-order valence-electron chi connectivity index (χ1n) is 21.7.